The summed E-state index contributed by atoms with van der Waals surface area (Å²) in [5.74, 6) is 6.26. The number of carbonyl (C=O) groups excluding carboxylic acids is 2. The van der Waals surface area contributed by atoms with E-state index in [1.54, 1.807) is 11.3 Å². The molecule has 3 heterocycles. The van der Waals surface area contributed by atoms with Gasteiger partial charge in [-0.15, -0.1) is 22.7 Å². The second kappa shape index (κ2) is 9.08. The average Bonchev–Trinajstić information content (AvgIpc) is 3.46. The summed E-state index contributed by atoms with van der Waals surface area (Å²) < 4.78 is 0. The number of hydrogen-bond acceptors (Lipinski definition) is 4. The van der Waals surface area contributed by atoms with Gasteiger partial charge in [0.25, 0.3) is 5.91 Å². The van der Waals surface area contributed by atoms with Gasteiger partial charge >= 0.3 is 0 Å². The maximum atomic E-state index is 12.7. The van der Waals surface area contributed by atoms with Crippen LogP contribution in [0.25, 0.3) is 0 Å². The van der Waals surface area contributed by atoms with E-state index in [1.807, 2.05) is 64.2 Å². The number of thiophene rings is 2. The molecule has 1 fully saturated rings. The monoisotopic (exact) mass is 420 g/mol. The summed E-state index contributed by atoms with van der Waals surface area (Å²) in [6.07, 6.45) is 1.36. The number of nitrogens with zero attached hydrogens (tertiary/aromatic N) is 1. The van der Waals surface area contributed by atoms with E-state index in [9.17, 15) is 9.59 Å². The second-order valence-electron chi connectivity index (χ2n) is 6.84. The SMILES string of the molecule is O=C(Nc1cccc(C#Cc2cccs2)c1)C1CCN(C(=O)c2cccs2)CC1. The molecular weight excluding hydrogens is 400 g/mol. The van der Waals surface area contributed by atoms with E-state index in [-0.39, 0.29) is 17.7 Å². The van der Waals surface area contributed by atoms with Crippen LogP contribution >= 0.6 is 22.7 Å². The number of likely N-dealkylation sites (tertiary alicyclic amines) is 1. The zero-order valence-electron chi connectivity index (χ0n) is 15.8. The zero-order valence-corrected chi connectivity index (χ0v) is 17.4. The van der Waals surface area contributed by atoms with Crippen LogP contribution in [0.4, 0.5) is 5.69 Å². The largest absolute Gasteiger partial charge is 0.338 e. The lowest BCUT2D eigenvalue weighted by Crippen LogP contribution is -2.41. The summed E-state index contributed by atoms with van der Waals surface area (Å²) in [6.45, 7) is 1.22. The summed E-state index contributed by atoms with van der Waals surface area (Å²) in [4.78, 5) is 28.7. The summed E-state index contributed by atoms with van der Waals surface area (Å²) >= 11 is 3.06. The maximum Gasteiger partial charge on any atom is 0.263 e. The molecule has 0 radical (unpaired) electrons. The molecule has 4 nitrogen and oxygen atoms in total. The van der Waals surface area contributed by atoms with E-state index >= 15 is 0 Å². The maximum absolute atomic E-state index is 12.7. The molecule has 0 aliphatic carbocycles. The van der Waals surface area contributed by atoms with Gasteiger partial charge in [0.1, 0.15) is 0 Å². The molecule has 0 bridgehead atoms. The predicted octanol–water partition coefficient (Wildman–Crippen LogP) is 4.70. The fraction of sp³-hybridized carbons (Fsp3) is 0.217. The minimum absolute atomic E-state index is 0.0107. The van der Waals surface area contributed by atoms with Crippen LogP contribution < -0.4 is 5.32 Å². The molecule has 2 aromatic heterocycles. The van der Waals surface area contributed by atoms with Crippen LogP contribution in [0.5, 0.6) is 0 Å². The smallest absolute Gasteiger partial charge is 0.263 e. The van der Waals surface area contributed by atoms with Crippen molar-refractivity contribution in [2.45, 2.75) is 12.8 Å². The number of piperidine rings is 1. The molecule has 2 amide bonds. The molecule has 4 rings (SSSR count). The van der Waals surface area contributed by atoms with Gasteiger partial charge in [0.2, 0.25) is 5.91 Å². The number of rotatable bonds is 3. The molecule has 1 aromatic carbocycles. The normalized spacial score (nSPS) is 14.1. The van der Waals surface area contributed by atoms with Crippen LogP contribution in [-0.2, 0) is 4.79 Å². The molecule has 1 N–H and O–H groups in total. The Morgan fingerprint density at radius 1 is 0.966 bits per heavy atom. The Hall–Kier alpha value is -2.88. The Bertz CT molecular complexity index is 1040. The topological polar surface area (TPSA) is 49.4 Å². The standard InChI is InChI=1S/C23H20N2O2S2/c26-22(18-10-12-25(13-11-18)23(27)21-7-3-15-29-21)24-19-5-1-4-17(16-19)8-9-20-6-2-14-28-20/h1-7,14-16,18H,10-13H2,(H,24,26). The molecule has 6 heteroatoms. The summed E-state index contributed by atoms with van der Waals surface area (Å²) in [7, 11) is 0. The van der Waals surface area contributed by atoms with Gasteiger partial charge in [-0.05, 0) is 53.9 Å². The number of carbonyl (C=O) groups is 2. The van der Waals surface area contributed by atoms with Crippen molar-refractivity contribution in [3.63, 3.8) is 0 Å². The molecular formula is C23H20N2O2S2. The van der Waals surface area contributed by atoms with Crippen molar-refractivity contribution in [2.75, 3.05) is 18.4 Å². The van der Waals surface area contributed by atoms with Gasteiger partial charge in [-0.3, -0.25) is 9.59 Å². The van der Waals surface area contributed by atoms with Crippen molar-refractivity contribution >= 4 is 40.2 Å². The molecule has 3 aromatic rings. The first-order chi connectivity index (χ1) is 14.2. The van der Waals surface area contributed by atoms with Crippen LogP contribution in [0.3, 0.4) is 0 Å². The highest BCUT2D eigenvalue weighted by Gasteiger charge is 2.28. The lowest BCUT2D eigenvalue weighted by Gasteiger charge is -2.31. The molecule has 0 unspecified atom stereocenters. The fourth-order valence-corrected chi connectivity index (χ4v) is 4.56. The number of nitrogens with one attached hydrogen (secondary N) is 1. The first-order valence-corrected chi connectivity index (χ1v) is 11.2. The van der Waals surface area contributed by atoms with Crippen LogP contribution in [0.1, 0.15) is 33.0 Å². The first-order valence-electron chi connectivity index (χ1n) is 9.48. The van der Waals surface area contributed by atoms with Gasteiger partial charge in [-0.25, -0.2) is 0 Å². The van der Waals surface area contributed by atoms with Crippen molar-refractivity contribution < 1.29 is 9.59 Å². The number of benzene rings is 1. The third-order valence-corrected chi connectivity index (χ3v) is 6.51. The van der Waals surface area contributed by atoms with E-state index in [2.05, 4.69) is 17.2 Å². The number of hydrogen-bond donors (Lipinski definition) is 1. The molecule has 0 saturated carbocycles. The predicted molar refractivity (Wildman–Crippen MR) is 118 cm³/mol. The Kier molecular flexibility index (Phi) is 6.09. The molecule has 1 aliphatic rings. The van der Waals surface area contributed by atoms with Crippen LogP contribution in [-0.4, -0.2) is 29.8 Å². The fourth-order valence-electron chi connectivity index (χ4n) is 3.30. The van der Waals surface area contributed by atoms with Gasteiger partial charge in [0.05, 0.1) is 9.75 Å². The van der Waals surface area contributed by atoms with Crippen molar-refractivity contribution in [3.05, 3.63) is 74.6 Å². The van der Waals surface area contributed by atoms with Crippen molar-refractivity contribution in [3.8, 4) is 11.8 Å². The molecule has 1 saturated heterocycles. The first kappa shape index (κ1) is 19.4. The van der Waals surface area contributed by atoms with Crippen LogP contribution in [0.15, 0.2) is 59.3 Å². The van der Waals surface area contributed by atoms with Crippen LogP contribution in [0, 0.1) is 17.8 Å². The molecule has 0 atom stereocenters. The van der Waals surface area contributed by atoms with Gasteiger partial charge in [0, 0.05) is 30.3 Å². The average molecular weight is 421 g/mol. The highest BCUT2D eigenvalue weighted by Crippen LogP contribution is 2.22. The van der Waals surface area contributed by atoms with Gasteiger partial charge in [-0.1, -0.05) is 30.0 Å². The van der Waals surface area contributed by atoms with E-state index < -0.39 is 0 Å². The quantitative estimate of drug-likeness (QED) is 0.625. The van der Waals surface area contributed by atoms with E-state index in [0.29, 0.717) is 25.9 Å². The van der Waals surface area contributed by atoms with Crippen molar-refractivity contribution in [1.82, 2.24) is 4.90 Å². The lowest BCUT2D eigenvalue weighted by molar-refractivity contribution is -0.121. The molecule has 29 heavy (non-hydrogen) atoms. The van der Waals surface area contributed by atoms with Gasteiger partial charge < -0.3 is 10.2 Å². The van der Waals surface area contributed by atoms with E-state index in [1.165, 1.54) is 11.3 Å². The Labute approximate surface area is 178 Å². The minimum Gasteiger partial charge on any atom is -0.338 e. The van der Waals surface area contributed by atoms with Crippen molar-refractivity contribution in [1.29, 1.82) is 0 Å². The second-order valence-corrected chi connectivity index (χ2v) is 8.74. The molecule has 0 spiro atoms. The number of anilines is 1. The van der Waals surface area contributed by atoms with Crippen LogP contribution in [0.2, 0.25) is 0 Å². The van der Waals surface area contributed by atoms with E-state index in [0.717, 1.165) is 21.0 Å². The molecule has 146 valence electrons. The van der Waals surface area contributed by atoms with Crippen molar-refractivity contribution in [2.24, 2.45) is 5.92 Å². The zero-order chi connectivity index (χ0) is 20.1. The van der Waals surface area contributed by atoms with E-state index in [4.69, 9.17) is 0 Å². The third-order valence-electron chi connectivity index (χ3n) is 4.87. The van der Waals surface area contributed by atoms with Gasteiger partial charge in [-0.2, -0.15) is 0 Å². The summed E-state index contributed by atoms with van der Waals surface area (Å²) in [5.41, 5.74) is 1.62. The molecule has 1 aliphatic heterocycles. The highest BCUT2D eigenvalue weighted by atomic mass is 32.1. The Balaban J connectivity index is 1.33. The lowest BCUT2D eigenvalue weighted by atomic mass is 9.95. The highest BCUT2D eigenvalue weighted by molar-refractivity contribution is 7.12. The Morgan fingerprint density at radius 2 is 1.76 bits per heavy atom. The minimum atomic E-state index is -0.0803. The summed E-state index contributed by atoms with van der Waals surface area (Å²) in [5, 5.41) is 6.92. The third kappa shape index (κ3) is 4.94. The Morgan fingerprint density at radius 3 is 2.48 bits per heavy atom. The number of amides is 2. The summed E-state index contributed by atoms with van der Waals surface area (Å²) in [6, 6.07) is 15.3. The van der Waals surface area contributed by atoms with Gasteiger partial charge in [0.15, 0.2) is 0 Å².